The van der Waals surface area contributed by atoms with Gasteiger partial charge in [-0.25, -0.2) is 9.78 Å². The molecule has 6 rings (SSSR count). The number of phenols is 1. The number of hydrogen-bond donors (Lipinski definition) is 1. The van der Waals surface area contributed by atoms with Crippen molar-refractivity contribution >= 4 is 28.2 Å². The highest BCUT2D eigenvalue weighted by Crippen LogP contribution is 2.50. The normalized spacial score (nSPS) is 13.7. The van der Waals surface area contributed by atoms with E-state index in [0.717, 1.165) is 22.2 Å². The molecule has 0 spiro atoms. The average molecular weight is 579 g/mol. The van der Waals surface area contributed by atoms with Gasteiger partial charge in [0.25, 0.3) is 6.23 Å². The molecule has 4 aromatic carbocycles. The summed E-state index contributed by atoms with van der Waals surface area (Å²) >= 11 is 0. The lowest BCUT2D eigenvalue weighted by atomic mass is 10.2. The largest absolute Gasteiger partial charge is 0.505 e. The van der Waals surface area contributed by atoms with E-state index in [1.807, 2.05) is 60.7 Å². The molecule has 1 unspecified atom stereocenters. The molecule has 1 N–H and O–H groups in total. The highest BCUT2D eigenvalue weighted by Gasteiger charge is 2.41. The van der Waals surface area contributed by atoms with Crippen LogP contribution >= 0.6 is 0 Å². The number of hydrogen-bond acceptors (Lipinski definition) is 9. The van der Waals surface area contributed by atoms with E-state index < -0.39 is 12.2 Å². The van der Waals surface area contributed by atoms with Gasteiger partial charge < -0.3 is 28.8 Å². The maximum atomic E-state index is 12.8. The van der Waals surface area contributed by atoms with E-state index >= 15 is 0 Å². The summed E-state index contributed by atoms with van der Waals surface area (Å²) in [5.41, 5.74) is 3.66. The summed E-state index contributed by atoms with van der Waals surface area (Å²) in [6, 6.07) is 29.8. The zero-order chi connectivity index (χ0) is 29.8. The molecular formula is C34H30N2O7. The Morgan fingerprint density at radius 2 is 1.63 bits per heavy atom. The van der Waals surface area contributed by atoms with Gasteiger partial charge in [0.15, 0.2) is 5.75 Å². The minimum absolute atomic E-state index is 0.0961. The minimum Gasteiger partial charge on any atom is -0.505 e. The number of ether oxygens (including phenoxy) is 5. The summed E-state index contributed by atoms with van der Waals surface area (Å²) in [6.07, 6.45) is -1.11. The zero-order valence-corrected chi connectivity index (χ0v) is 23.7. The Labute approximate surface area is 248 Å². The molecule has 0 saturated carbocycles. The van der Waals surface area contributed by atoms with Gasteiger partial charge in [-0.2, -0.15) is 0 Å². The SMILES string of the molecule is CCOC(=O)C1Oc2cc(OCc3ccc(OCc4ccc5ccccc5n4)cc3)cc(O)c2N1c1ccc(OC)cc1. The molecule has 1 atom stereocenters. The van der Waals surface area contributed by atoms with Crippen molar-refractivity contribution in [2.75, 3.05) is 18.6 Å². The third-order valence-electron chi connectivity index (χ3n) is 6.95. The number of aromatic hydroxyl groups is 1. The first-order valence-corrected chi connectivity index (χ1v) is 13.8. The second-order valence-corrected chi connectivity index (χ2v) is 9.80. The van der Waals surface area contributed by atoms with Crippen LogP contribution in [0.5, 0.6) is 28.7 Å². The first-order valence-electron chi connectivity index (χ1n) is 13.8. The molecule has 5 aromatic rings. The fourth-order valence-corrected chi connectivity index (χ4v) is 4.84. The molecular weight excluding hydrogens is 548 g/mol. The Kier molecular flexibility index (Phi) is 7.86. The number of aromatic nitrogens is 1. The van der Waals surface area contributed by atoms with E-state index in [-0.39, 0.29) is 19.0 Å². The smallest absolute Gasteiger partial charge is 0.369 e. The van der Waals surface area contributed by atoms with Crippen molar-refractivity contribution in [1.29, 1.82) is 0 Å². The van der Waals surface area contributed by atoms with Crippen molar-refractivity contribution in [2.45, 2.75) is 26.4 Å². The molecule has 0 fully saturated rings. The second-order valence-electron chi connectivity index (χ2n) is 9.80. The van der Waals surface area contributed by atoms with Crippen LogP contribution in [0.25, 0.3) is 10.9 Å². The van der Waals surface area contributed by atoms with Gasteiger partial charge in [-0.3, -0.25) is 4.90 Å². The topological polar surface area (TPSA) is 99.6 Å². The first kappa shape index (κ1) is 27.7. The van der Waals surface area contributed by atoms with Crippen LogP contribution in [0.1, 0.15) is 18.2 Å². The fraction of sp³-hybridized carbons (Fsp3) is 0.176. The van der Waals surface area contributed by atoms with Crippen molar-refractivity contribution in [2.24, 2.45) is 0 Å². The number of para-hydroxylation sites is 1. The lowest BCUT2D eigenvalue weighted by molar-refractivity contribution is -0.150. The summed E-state index contributed by atoms with van der Waals surface area (Å²) in [6.45, 7) is 2.52. The predicted molar refractivity (Wildman–Crippen MR) is 161 cm³/mol. The number of carbonyl (C=O) groups excluding carboxylic acids is 1. The molecule has 0 saturated heterocycles. The van der Waals surface area contributed by atoms with Crippen molar-refractivity contribution < 1.29 is 33.6 Å². The molecule has 43 heavy (non-hydrogen) atoms. The lowest BCUT2D eigenvalue weighted by Gasteiger charge is -2.24. The molecule has 0 aliphatic carbocycles. The molecule has 9 nitrogen and oxygen atoms in total. The minimum atomic E-state index is -1.11. The first-order chi connectivity index (χ1) is 21.0. The number of methoxy groups -OCH3 is 1. The Hall–Kier alpha value is -5.44. The average Bonchev–Trinajstić information content (AvgIpc) is 3.44. The van der Waals surface area contributed by atoms with Crippen LogP contribution in [0, 0.1) is 0 Å². The molecule has 1 aromatic heterocycles. The lowest BCUT2D eigenvalue weighted by Crippen LogP contribution is -2.39. The van der Waals surface area contributed by atoms with Crippen LogP contribution in [0.15, 0.2) is 97.1 Å². The number of fused-ring (bicyclic) bond motifs is 2. The van der Waals surface area contributed by atoms with Crippen LogP contribution in [0.4, 0.5) is 11.4 Å². The van der Waals surface area contributed by atoms with E-state index in [2.05, 4.69) is 4.98 Å². The standard InChI is InChI=1S/C34H30N2O7/c1-3-40-34(38)33-36(25-12-16-26(39-2)17-13-25)32-30(37)18-28(19-31(32)43-33)41-20-22-8-14-27(15-9-22)42-21-24-11-10-23-6-4-5-7-29(23)35-24/h4-19,33,37H,3,20-21H2,1-2H3. The van der Waals surface area contributed by atoms with E-state index in [4.69, 9.17) is 23.7 Å². The molecule has 0 bridgehead atoms. The maximum Gasteiger partial charge on any atom is 0.369 e. The van der Waals surface area contributed by atoms with Crippen molar-refractivity contribution in [3.05, 3.63) is 108 Å². The Morgan fingerprint density at radius 3 is 2.40 bits per heavy atom. The number of benzene rings is 4. The van der Waals surface area contributed by atoms with E-state index in [1.165, 1.54) is 6.07 Å². The summed E-state index contributed by atoms with van der Waals surface area (Å²) in [7, 11) is 1.57. The Balaban J connectivity index is 1.13. The molecule has 0 radical (unpaired) electrons. The second kappa shape index (κ2) is 12.2. The van der Waals surface area contributed by atoms with Crippen molar-refractivity contribution in [3.63, 3.8) is 0 Å². The number of anilines is 2. The molecule has 218 valence electrons. The van der Waals surface area contributed by atoms with Gasteiger partial charge in [0.05, 0.1) is 24.9 Å². The monoisotopic (exact) mass is 578 g/mol. The van der Waals surface area contributed by atoms with Crippen molar-refractivity contribution in [1.82, 2.24) is 4.98 Å². The summed E-state index contributed by atoms with van der Waals surface area (Å²) in [5, 5.41) is 12.1. The van der Waals surface area contributed by atoms with Gasteiger partial charge in [0.2, 0.25) is 0 Å². The van der Waals surface area contributed by atoms with Gasteiger partial charge in [-0.1, -0.05) is 36.4 Å². The molecule has 0 amide bonds. The summed E-state index contributed by atoms with van der Waals surface area (Å²) in [5.74, 6) is 1.39. The quantitative estimate of drug-likeness (QED) is 0.186. The number of rotatable bonds is 10. The molecule has 1 aliphatic heterocycles. The zero-order valence-electron chi connectivity index (χ0n) is 23.7. The van der Waals surface area contributed by atoms with Crippen LogP contribution in [-0.2, 0) is 22.7 Å². The van der Waals surface area contributed by atoms with Gasteiger partial charge >= 0.3 is 5.97 Å². The predicted octanol–water partition coefficient (Wildman–Crippen LogP) is 6.53. The Bertz CT molecular complexity index is 1740. The number of phenolic OH excluding ortho intramolecular Hbond substituents is 1. The van der Waals surface area contributed by atoms with E-state index in [0.29, 0.717) is 41.0 Å². The van der Waals surface area contributed by atoms with Crippen LogP contribution in [0.2, 0.25) is 0 Å². The molecule has 2 heterocycles. The van der Waals surface area contributed by atoms with Gasteiger partial charge in [0.1, 0.15) is 41.9 Å². The molecule has 1 aliphatic rings. The van der Waals surface area contributed by atoms with E-state index in [9.17, 15) is 9.90 Å². The number of carbonyl (C=O) groups is 1. The summed E-state index contributed by atoms with van der Waals surface area (Å²) < 4.78 is 28.4. The third-order valence-corrected chi connectivity index (χ3v) is 6.95. The van der Waals surface area contributed by atoms with Gasteiger partial charge in [0, 0.05) is 23.2 Å². The van der Waals surface area contributed by atoms with Gasteiger partial charge in [-0.15, -0.1) is 0 Å². The number of pyridine rings is 1. The molecule has 9 heteroatoms. The van der Waals surface area contributed by atoms with Gasteiger partial charge in [-0.05, 0) is 61.0 Å². The fourth-order valence-electron chi connectivity index (χ4n) is 4.84. The Morgan fingerprint density at radius 1 is 0.884 bits per heavy atom. The maximum absolute atomic E-state index is 12.8. The van der Waals surface area contributed by atoms with Crippen LogP contribution < -0.4 is 23.8 Å². The summed E-state index contributed by atoms with van der Waals surface area (Å²) in [4.78, 5) is 19.0. The number of nitrogens with zero attached hydrogens (tertiary/aromatic N) is 2. The highest BCUT2D eigenvalue weighted by atomic mass is 16.6. The van der Waals surface area contributed by atoms with Crippen LogP contribution in [-0.4, -0.2) is 36.0 Å². The highest BCUT2D eigenvalue weighted by molar-refractivity contribution is 5.90. The third kappa shape index (κ3) is 5.97. The van der Waals surface area contributed by atoms with E-state index in [1.54, 1.807) is 49.3 Å². The number of esters is 1. The van der Waals surface area contributed by atoms with Crippen molar-refractivity contribution in [3.8, 4) is 28.7 Å². The van der Waals surface area contributed by atoms with Crippen LogP contribution in [0.3, 0.4) is 0 Å².